The molecule has 2 heterocycles. The molecule has 1 aromatic heterocycles. The van der Waals surface area contributed by atoms with Crippen molar-refractivity contribution in [2.24, 2.45) is 5.92 Å². The van der Waals surface area contributed by atoms with E-state index in [2.05, 4.69) is 14.9 Å². The molecule has 0 saturated carbocycles. The van der Waals surface area contributed by atoms with Crippen LogP contribution in [0.15, 0.2) is 27.5 Å². The van der Waals surface area contributed by atoms with Gasteiger partial charge in [0.2, 0.25) is 28.6 Å². The number of nitrogens with one attached hydrogen (secondary N) is 1. The molecule has 0 spiro atoms. The Labute approximate surface area is 140 Å². The van der Waals surface area contributed by atoms with E-state index in [1.54, 1.807) is 13.0 Å². The molecule has 0 aliphatic carbocycles. The topological polar surface area (TPSA) is 104 Å². The maximum atomic E-state index is 12.7. The first-order valence-electron chi connectivity index (χ1n) is 7.57. The number of ether oxygens (including phenoxy) is 2. The Kier molecular flexibility index (Phi) is 4.46. The van der Waals surface area contributed by atoms with Gasteiger partial charge in [0.15, 0.2) is 11.5 Å². The molecule has 3 rings (SSSR count). The van der Waals surface area contributed by atoms with Gasteiger partial charge in [-0.15, -0.1) is 10.2 Å². The molecule has 0 amide bonds. The largest absolute Gasteiger partial charge is 0.454 e. The number of sulfonamides is 1. The summed E-state index contributed by atoms with van der Waals surface area (Å²) in [5, 5.41) is 7.72. The van der Waals surface area contributed by atoms with Gasteiger partial charge in [-0.2, -0.15) is 4.72 Å². The number of hydrogen-bond acceptors (Lipinski definition) is 7. The van der Waals surface area contributed by atoms with Crippen molar-refractivity contribution in [1.29, 1.82) is 0 Å². The molecule has 24 heavy (non-hydrogen) atoms. The molecule has 0 bridgehead atoms. The zero-order chi connectivity index (χ0) is 17.3. The van der Waals surface area contributed by atoms with E-state index in [0.29, 0.717) is 23.8 Å². The van der Waals surface area contributed by atoms with Gasteiger partial charge in [-0.3, -0.25) is 0 Å². The number of nitrogens with zero attached hydrogens (tertiary/aromatic N) is 2. The second-order valence-corrected chi connectivity index (χ2v) is 7.69. The van der Waals surface area contributed by atoms with Crippen molar-refractivity contribution in [2.75, 3.05) is 6.79 Å². The number of aryl methyl sites for hydroxylation is 1. The minimum Gasteiger partial charge on any atom is -0.454 e. The van der Waals surface area contributed by atoms with Crippen molar-refractivity contribution < 1.29 is 22.3 Å². The highest BCUT2D eigenvalue weighted by molar-refractivity contribution is 7.89. The van der Waals surface area contributed by atoms with Crippen LogP contribution in [0, 0.1) is 12.8 Å². The van der Waals surface area contributed by atoms with E-state index >= 15 is 0 Å². The van der Waals surface area contributed by atoms with Crippen molar-refractivity contribution >= 4 is 10.0 Å². The van der Waals surface area contributed by atoms with E-state index in [-0.39, 0.29) is 23.5 Å². The maximum Gasteiger partial charge on any atom is 0.241 e. The molecule has 1 aliphatic rings. The lowest BCUT2D eigenvalue weighted by Gasteiger charge is -2.17. The summed E-state index contributed by atoms with van der Waals surface area (Å²) < 4.78 is 43.9. The average Bonchev–Trinajstić information content (AvgIpc) is 3.13. The molecule has 130 valence electrons. The summed E-state index contributed by atoms with van der Waals surface area (Å²) in [6, 6.07) is 3.89. The highest BCUT2D eigenvalue weighted by Crippen LogP contribution is 2.34. The summed E-state index contributed by atoms with van der Waals surface area (Å²) in [5.41, 5.74) is 0. The fraction of sp³-hybridized carbons (Fsp3) is 0.467. The molecular formula is C15H19N3O5S. The smallest absolute Gasteiger partial charge is 0.241 e. The SMILES string of the molecule is Cc1nnc(C(CC(C)C)NS(=O)(=O)c2ccc3c(c2)OCO3)o1. The second-order valence-electron chi connectivity index (χ2n) is 5.98. The number of aromatic nitrogens is 2. The van der Waals surface area contributed by atoms with Crippen LogP contribution >= 0.6 is 0 Å². The van der Waals surface area contributed by atoms with Crippen molar-refractivity contribution in [3.05, 3.63) is 30.0 Å². The molecule has 1 aliphatic heterocycles. The molecule has 1 aromatic carbocycles. The number of rotatable bonds is 6. The Balaban J connectivity index is 1.87. The van der Waals surface area contributed by atoms with Gasteiger partial charge < -0.3 is 13.9 Å². The summed E-state index contributed by atoms with van der Waals surface area (Å²) in [6.45, 7) is 5.73. The predicted octanol–water partition coefficient (Wildman–Crippen LogP) is 2.17. The first-order valence-corrected chi connectivity index (χ1v) is 9.05. The molecule has 2 aromatic rings. The van der Waals surface area contributed by atoms with Gasteiger partial charge in [-0.05, 0) is 24.5 Å². The Bertz CT molecular complexity index is 831. The summed E-state index contributed by atoms with van der Waals surface area (Å²) in [6.07, 6.45) is 0.533. The van der Waals surface area contributed by atoms with Gasteiger partial charge in [0, 0.05) is 13.0 Å². The van der Waals surface area contributed by atoms with Crippen LogP contribution in [0.3, 0.4) is 0 Å². The second kappa shape index (κ2) is 6.40. The number of hydrogen-bond donors (Lipinski definition) is 1. The quantitative estimate of drug-likeness (QED) is 0.848. The van der Waals surface area contributed by atoms with E-state index < -0.39 is 16.1 Å². The van der Waals surface area contributed by atoms with E-state index in [4.69, 9.17) is 13.9 Å². The van der Waals surface area contributed by atoms with E-state index in [1.165, 1.54) is 12.1 Å². The van der Waals surface area contributed by atoms with Crippen LogP contribution in [-0.2, 0) is 10.0 Å². The third-order valence-corrected chi connectivity index (χ3v) is 4.97. The van der Waals surface area contributed by atoms with Crippen LogP contribution in [0.1, 0.15) is 38.1 Å². The summed E-state index contributed by atoms with van der Waals surface area (Å²) >= 11 is 0. The lowest BCUT2D eigenvalue weighted by molar-refractivity contribution is 0.174. The maximum absolute atomic E-state index is 12.7. The summed E-state index contributed by atoms with van der Waals surface area (Å²) in [5.74, 6) is 1.82. The zero-order valence-corrected chi connectivity index (χ0v) is 14.5. The first-order chi connectivity index (χ1) is 11.3. The fourth-order valence-corrected chi connectivity index (χ4v) is 3.64. The van der Waals surface area contributed by atoms with Crippen LogP contribution in [-0.4, -0.2) is 25.4 Å². The summed E-state index contributed by atoms with van der Waals surface area (Å²) in [7, 11) is -3.78. The van der Waals surface area contributed by atoms with Crippen LogP contribution in [0.2, 0.25) is 0 Å². The van der Waals surface area contributed by atoms with Gasteiger partial charge in [-0.1, -0.05) is 13.8 Å². The molecule has 0 radical (unpaired) electrons. The predicted molar refractivity (Wildman–Crippen MR) is 84.1 cm³/mol. The molecule has 0 saturated heterocycles. The molecule has 1 atom stereocenters. The lowest BCUT2D eigenvalue weighted by Crippen LogP contribution is -2.30. The van der Waals surface area contributed by atoms with Crippen LogP contribution < -0.4 is 14.2 Å². The Morgan fingerprint density at radius 2 is 1.96 bits per heavy atom. The molecule has 9 heteroatoms. The van der Waals surface area contributed by atoms with Crippen LogP contribution in [0.4, 0.5) is 0 Å². The normalized spacial score (nSPS) is 15.0. The Morgan fingerprint density at radius 3 is 2.62 bits per heavy atom. The van der Waals surface area contributed by atoms with E-state index in [0.717, 1.165) is 0 Å². The average molecular weight is 353 g/mol. The first kappa shape index (κ1) is 16.7. The monoisotopic (exact) mass is 353 g/mol. The minimum absolute atomic E-state index is 0.0868. The molecular weight excluding hydrogens is 334 g/mol. The van der Waals surface area contributed by atoms with Crippen molar-refractivity contribution in [2.45, 2.75) is 38.1 Å². The fourth-order valence-electron chi connectivity index (χ4n) is 2.42. The number of fused-ring (bicyclic) bond motifs is 1. The Hall–Kier alpha value is -2.13. The van der Waals surface area contributed by atoms with Crippen molar-refractivity contribution in [3.8, 4) is 11.5 Å². The van der Waals surface area contributed by atoms with Crippen molar-refractivity contribution in [1.82, 2.24) is 14.9 Å². The summed E-state index contributed by atoms with van der Waals surface area (Å²) in [4.78, 5) is 0.0942. The highest BCUT2D eigenvalue weighted by atomic mass is 32.2. The van der Waals surface area contributed by atoms with Gasteiger partial charge in [0.1, 0.15) is 6.04 Å². The van der Waals surface area contributed by atoms with Gasteiger partial charge in [0.05, 0.1) is 4.90 Å². The van der Waals surface area contributed by atoms with Crippen molar-refractivity contribution in [3.63, 3.8) is 0 Å². The van der Waals surface area contributed by atoms with Gasteiger partial charge >= 0.3 is 0 Å². The standard InChI is InChI=1S/C15H19N3O5S/c1-9(2)6-12(15-17-16-10(3)23-15)18-24(19,20)11-4-5-13-14(7-11)22-8-21-13/h4-5,7,9,12,18H,6,8H2,1-3H3. The minimum atomic E-state index is -3.78. The van der Waals surface area contributed by atoms with E-state index in [9.17, 15) is 8.42 Å². The molecule has 0 fully saturated rings. The van der Waals surface area contributed by atoms with Crippen LogP contribution in [0.25, 0.3) is 0 Å². The highest BCUT2D eigenvalue weighted by Gasteiger charge is 2.27. The van der Waals surface area contributed by atoms with Gasteiger partial charge in [-0.25, -0.2) is 8.42 Å². The Morgan fingerprint density at radius 1 is 1.21 bits per heavy atom. The van der Waals surface area contributed by atoms with Crippen LogP contribution in [0.5, 0.6) is 11.5 Å². The third kappa shape index (κ3) is 3.51. The van der Waals surface area contributed by atoms with E-state index in [1.807, 2.05) is 13.8 Å². The zero-order valence-electron chi connectivity index (χ0n) is 13.6. The number of benzene rings is 1. The third-order valence-electron chi connectivity index (χ3n) is 3.50. The molecule has 1 N–H and O–H groups in total. The molecule has 1 unspecified atom stereocenters. The molecule has 8 nitrogen and oxygen atoms in total. The van der Waals surface area contributed by atoms with Gasteiger partial charge in [0.25, 0.3) is 0 Å². The lowest BCUT2D eigenvalue weighted by atomic mass is 10.0.